The fourth-order valence-corrected chi connectivity index (χ4v) is 2.13. The molecule has 0 aromatic carbocycles. The number of amides is 1. The molecular formula is C13H20N2O2. The minimum Gasteiger partial charge on any atom is -0.472 e. The van der Waals surface area contributed by atoms with Crippen LogP contribution in [0.4, 0.5) is 0 Å². The summed E-state index contributed by atoms with van der Waals surface area (Å²) in [5, 5.41) is 6.26. The van der Waals surface area contributed by atoms with Crippen LogP contribution in [0.25, 0.3) is 0 Å². The first kappa shape index (κ1) is 12.2. The Hall–Kier alpha value is -1.29. The lowest BCUT2D eigenvalue weighted by atomic mass is 10.0. The van der Waals surface area contributed by atoms with E-state index >= 15 is 0 Å². The van der Waals surface area contributed by atoms with Crippen molar-refractivity contribution in [2.45, 2.75) is 44.7 Å². The molecule has 2 heterocycles. The van der Waals surface area contributed by atoms with Crippen LogP contribution >= 0.6 is 0 Å². The molecule has 1 atom stereocenters. The predicted octanol–water partition coefficient (Wildman–Crippen LogP) is 1.82. The Bertz CT molecular complexity index is 327. The zero-order chi connectivity index (χ0) is 11.9. The average molecular weight is 236 g/mol. The SMILES string of the molecule is O=C(NCc1ccoc1)C1CCCCCCN1. The van der Waals surface area contributed by atoms with Gasteiger partial charge in [-0.2, -0.15) is 0 Å². The Labute approximate surface area is 102 Å². The molecular weight excluding hydrogens is 216 g/mol. The van der Waals surface area contributed by atoms with Gasteiger partial charge in [-0.05, 0) is 25.5 Å². The minimum absolute atomic E-state index is 0.0257. The first-order valence-electron chi connectivity index (χ1n) is 6.38. The normalized spacial score (nSPS) is 21.5. The molecule has 0 bridgehead atoms. The third-order valence-electron chi connectivity index (χ3n) is 3.17. The van der Waals surface area contributed by atoms with Gasteiger partial charge in [0.25, 0.3) is 0 Å². The van der Waals surface area contributed by atoms with Gasteiger partial charge in [0.2, 0.25) is 5.91 Å². The Morgan fingerprint density at radius 1 is 1.41 bits per heavy atom. The predicted molar refractivity (Wildman–Crippen MR) is 65.4 cm³/mol. The highest BCUT2D eigenvalue weighted by molar-refractivity contribution is 5.81. The smallest absolute Gasteiger partial charge is 0.237 e. The summed E-state index contributed by atoms with van der Waals surface area (Å²) in [7, 11) is 0. The highest BCUT2D eigenvalue weighted by Crippen LogP contribution is 2.09. The molecule has 0 radical (unpaired) electrons. The maximum atomic E-state index is 12.0. The second-order valence-electron chi connectivity index (χ2n) is 4.56. The molecule has 4 heteroatoms. The molecule has 1 aromatic heterocycles. The highest BCUT2D eigenvalue weighted by Gasteiger charge is 2.18. The van der Waals surface area contributed by atoms with Gasteiger partial charge in [-0.25, -0.2) is 0 Å². The van der Waals surface area contributed by atoms with Crippen molar-refractivity contribution < 1.29 is 9.21 Å². The summed E-state index contributed by atoms with van der Waals surface area (Å²) in [6.07, 6.45) is 9.05. The molecule has 1 saturated heterocycles. The maximum absolute atomic E-state index is 12.0. The Morgan fingerprint density at radius 2 is 2.29 bits per heavy atom. The van der Waals surface area contributed by atoms with Crippen LogP contribution < -0.4 is 10.6 Å². The number of rotatable bonds is 3. The fourth-order valence-electron chi connectivity index (χ4n) is 2.13. The lowest BCUT2D eigenvalue weighted by Crippen LogP contribution is -2.44. The minimum atomic E-state index is -0.0257. The Kier molecular flexibility index (Phi) is 4.62. The first-order valence-corrected chi connectivity index (χ1v) is 6.38. The van der Waals surface area contributed by atoms with Crippen LogP contribution in [0.1, 0.15) is 37.7 Å². The van der Waals surface area contributed by atoms with Gasteiger partial charge in [0.05, 0.1) is 18.6 Å². The zero-order valence-corrected chi connectivity index (χ0v) is 10.1. The lowest BCUT2D eigenvalue weighted by molar-refractivity contribution is -0.123. The van der Waals surface area contributed by atoms with Gasteiger partial charge < -0.3 is 15.1 Å². The van der Waals surface area contributed by atoms with Crippen molar-refractivity contribution in [2.24, 2.45) is 0 Å². The van der Waals surface area contributed by atoms with Crippen LogP contribution in [0.3, 0.4) is 0 Å². The summed E-state index contributed by atoms with van der Waals surface area (Å²) < 4.78 is 4.96. The number of furan rings is 1. The zero-order valence-electron chi connectivity index (χ0n) is 10.1. The van der Waals surface area contributed by atoms with E-state index < -0.39 is 0 Å². The molecule has 2 rings (SSSR count). The van der Waals surface area contributed by atoms with Gasteiger partial charge in [-0.15, -0.1) is 0 Å². The van der Waals surface area contributed by atoms with Crippen LogP contribution in [0.5, 0.6) is 0 Å². The summed E-state index contributed by atoms with van der Waals surface area (Å²) in [4.78, 5) is 12.0. The molecule has 1 aliphatic rings. The highest BCUT2D eigenvalue weighted by atomic mass is 16.3. The Balaban J connectivity index is 1.77. The van der Waals surface area contributed by atoms with Gasteiger partial charge in [-0.1, -0.05) is 19.3 Å². The standard InChI is InChI=1S/C13H20N2O2/c16-13(15-9-11-6-8-17-10-11)12-5-3-1-2-4-7-14-12/h6,8,10,12,14H,1-5,7,9H2,(H,15,16). The van der Waals surface area contributed by atoms with Gasteiger partial charge in [0.15, 0.2) is 0 Å². The second kappa shape index (κ2) is 6.45. The van der Waals surface area contributed by atoms with Crippen molar-refractivity contribution in [1.82, 2.24) is 10.6 Å². The van der Waals surface area contributed by atoms with Crippen molar-refractivity contribution >= 4 is 5.91 Å². The van der Waals surface area contributed by atoms with Crippen molar-refractivity contribution in [1.29, 1.82) is 0 Å². The monoisotopic (exact) mass is 236 g/mol. The molecule has 1 aliphatic heterocycles. The molecule has 94 valence electrons. The van der Waals surface area contributed by atoms with Crippen LogP contribution in [0.15, 0.2) is 23.0 Å². The van der Waals surface area contributed by atoms with E-state index in [2.05, 4.69) is 10.6 Å². The molecule has 2 N–H and O–H groups in total. The lowest BCUT2D eigenvalue weighted by Gasteiger charge is -2.20. The summed E-state index contributed by atoms with van der Waals surface area (Å²) in [5.41, 5.74) is 1.00. The van der Waals surface area contributed by atoms with E-state index in [1.807, 2.05) is 6.07 Å². The molecule has 0 spiro atoms. The van der Waals surface area contributed by atoms with Crippen LogP contribution in [0.2, 0.25) is 0 Å². The van der Waals surface area contributed by atoms with Gasteiger partial charge in [0, 0.05) is 12.1 Å². The topological polar surface area (TPSA) is 54.3 Å². The Morgan fingerprint density at radius 3 is 3.12 bits per heavy atom. The molecule has 1 fully saturated rings. The molecule has 4 nitrogen and oxygen atoms in total. The largest absolute Gasteiger partial charge is 0.472 e. The number of carbonyl (C=O) groups excluding carboxylic acids is 1. The van der Waals surface area contributed by atoms with Gasteiger partial charge in [0.1, 0.15) is 0 Å². The molecule has 1 amide bonds. The van der Waals surface area contributed by atoms with E-state index in [1.165, 1.54) is 19.3 Å². The van der Waals surface area contributed by atoms with Crippen molar-refractivity contribution in [3.05, 3.63) is 24.2 Å². The van der Waals surface area contributed by atoms with Crippen molar-refractivity contribution in [3.8, 4) is 0 Å². The van der Waals surface area contributed by atoms with E-state index in [-0.39, 0.29) is 11.9 Å². The van der Waals surface area contributed by atoms with E-state index in [4.69, 9.17) is 4.42 Å². The number of nitrogens with one attached hydrogen (secondary N) is 2. The fraction of sp³-hybridized carbons (Fsp3) is 0.615. The molecule has 0 saturated carbocycles. The third-order valence-corrected chi connectivity index (χ3v) is 3.17. The maximum Gasteiger partial charge on any atom is 0.237 e. The number of carbonyl (C=O) groups is 1. The average Bonchev–Trinajstić information content (AvgIpc) is 2.78. The summed E-state index contributed by atoms with van der Waals surface area (Å²) in [6.45, 7) is 1.50. The van der Waals surface area contributed by atoms with E-state index in [0.717, 1.165) is 24.9 Å². The van der Waals surface area contributed by atoms with Gasteiger partial charge in [-0.3, -0.25) is 4.79 Å². The van der Waals surface area contributed by atoms with Gasteiger partial charge >= 0.3 is 0 Å². The van der Waals surface area contributed by atoms with Crippen LogP contribution in [-0.2, 0) is 11.3 Å². The molecule has 1 unspecified atom stereocenters. The summed E-state index contributed by atoms with van der Waals surface area (Å²) in [6, 6.07) is 1.84. The second-order valence-corrected chi connectivity index (χ2v) is 4.56. The quantitative estimate of drug-likeness (QED) is 0.841. The first-order chi connectivity index (χ1) is 8.36. The van der Waals surface area contributed by atoms with Crippen molar-refractivity contribution in [2.75, 3.05) is 6.54 Å². The number of hydrogen-bond donors (Lipinski definition) is 2. The number of hydrogen-bond acceptors (Lipinski definition) is 3. The van der Waals surface area contributed by atoms with E-state index in [9.17, 15) is 4.79 Å². The molecule has 0 aliphatic carbocycles. The third kappa shape index (κ3) is 3.89. The summed E-state index contributed by atoms with van der Waals surface area (Å²) in [5.74, 6) is 0.105. The van der Waals surface area contributed by atoms with Crippen LogP contribution in [-0.4, -0.2) is 18.5 Å². The summed E-state index contributed by atoms with van der Waals surface area (Å²) >= 11 is 0. The molecule has 17 heavy (non-hydrogen) atoms. The van der Waals surface area contributed by atoms with Crippen LogP contribution in [0, 0.1) is 0 Å². The van der Waals surface area contributed by atoms with E-state index in [0.29, 0.717) is 6.54 Å². The van der Waals surface area contributed by atoms with Crippen molar-refractivity contribution in [3.63, 3.8) is 0 Å². The van der Waals surface area contributed by atoms with E-state index in [1.54, 1.807) is 12.5 Å². The molecule has 1 aromatic rings.